The molecule has 1 N–H and O–H groups in total. The first-order chi connectivity index (χ1) is 15.3. The average Bonchev–Trinajstić information content (AvgIpc) is 3.45. The van der Waals surface area contributed by atoms with Gasteiger partial charge in [0, 0.05) is 29.6 Å². The van der Waals surface area contributed by atoms with Gasteiger partial charge in [0.25, 0.3) is 10.0 Å². The molecular weight excluding hydrogens is 472 g/mol. The molecule has 2 aliphatic rings. The first-order valence-corrected chi connectivity index (χ1v) is 13.4. The lowest BCUT2D eigenvalue weighted by Gasteiger charge is -2.31. The van der Waals surface area contributed by atoms with Gasteiger partial charge in [-0.3, -0.25) is 4.79 Å². The molecule has 1 aromatic heterocycles. The van der Waals surface area contributed by atoms with Gasteiger partial charge in [-0.15, -0.1) is 11.3 Å². The molecule has 10 heteroatoms. The van der Waals surface area contributed by atoms with Crippen molar-refractivity contribution in [3.8, 4) is 5.75 Å². The summed E-state index contributed by atoms with van der Waals surface area (Å²) in [5.74, 6) is -0.173. The molecule has 32 heavy (non-hydrogen) atoms. The number of nitrogens with one attached hydrogen (secondary N) is 1. The average molecular weight is 499 g/mol. The number of benzene rings is 1. The Bertz CT molecular complexity index is 1070. The molecular formula is C22H27ClN2O5S2. The third-order valence-corrected chi connectivity index (χ3v) is 9.28. The molecule has 3 heterocycles. The molecule has 0 spiro atoms. The zero-order valence-electron chi connectivity index (χ0n) is 17.9. The summed E-state index contributed by atoms with van der Waals surface area (Å²) in [6.45, 7) is 3.58. The molecule has 2 unspecified atom stereocenters. The van der Waals surface area contributed by atoms with E-state index < -0.39 is 15.9 Å². The van der Waals surface area contributed by atoms with Gasteiger partial charge in [-0.2, -0.15) is 4.31 Å². The first kappa shape index (κ1) is 23.5. The number of rotatable bonds is 7. The minimum Gasteiger partial charge on any atom is -0.489 e. The largest absolute Gasteiger partial charge is 0.489 e. The molecule has 2 aliphatic heterocycles. The Labute approximate surface area is 197 Å². The summed E-state index contributed by atoms with van der Waals surface area (Å²) in [5, 5.41) is 3.38. The normalized spacial score (nSPS) is 22.1. The number of nitrogens with zero attached hydrogens (tertiary/aromatic N) is 1. The van der Waals surface area contributed by atoms with E-state index >= 15 is 0 Å². The van der Waals surface area contributed by atoms with Crippen molar-refractivity contribution >= 4 is 44.6 Å². The fourth-order valence-electron chi connectivity index (χ4n) is 3.97. The Balaban J connectivity index is 1.43. The van der Waals surface area contributed by atoms with Gasteiger partial charge < -0.3 is 14.8 Å². The molecule has 4 rings (SSSR count). The standard InChI is InChI=1S/C22H27ClN2O5S2/c1-15-6-9-21(31-15)32(27,28)25-10-2-4-16(13-25)22(26)24-19-12-17(23)7-8-20(19)30-14-18-5-3-11-29-18/h6-9,12,16,18H,2-5,10-11,13-14H2,1H3,(H,24,26). The van der Waals surface area contributed by atoms with Crippen LogP contribution in [0.15, 0.2) is 34.5 Å². The number of thiophene rings is 1. The second-order valence-corrected chi connectivity index (χ2v) is 12.0. The lowest BCUT2D eigenvalue weighted by Crippen LogP contribution is -2.43. The van der Waals surface area contributed by atoms with E-state index in [1.54, 1.807) is 30.3 Å². The number of hydrogen-bond acceptors (Lipinski definition) is 6. The Hall–Kier alpha value is -1.65. The van der Waals surface area contributed by atoms with Crippen LogP contribution in [0.3, 0.4) is 0 Å². The highest BCUT2D eigenvalue weighted by molar-refractivity contribution is 7.91. The van der Waals surface area contributed by atoms with Gasteiger partial charge in [0.1, 0.15) is 16.6 Å². The fourth-order valence-corrected chi connectivity index (χ4v) is 7.11. The van der Waals surface area contributed by atoms with Crippen LogP contribution in [-0.2, 0) is 19.6 Å². The van der Waals surface area contributed by atoms with E-state index in [2.05, 4.69) is 5.32 Å². The number of amides is 1. The van der Waals surface area contributed by atoms with Crippen molar-refractivity contribution in [2.24, 2.45) is 5.92 Å². The minimum absolute atomic E-state index is 0.0484. The topological polar surface area (TPSA) is 84.9 Å². The van der Waals surface area contributed by atoms with Crippen molar-refractivity contribution < 1.29 is 22.7 Å². The fraction of sp³-hybridized carbons (Fsp3) is 0.500. The number of halogens is 1. The van der Waals surface area contributed by atoms with Crippen LogP contribution in [0.25, 0.3) is 0 Å². The number of anilines is 1. The quantitative estimate of drug-likeness (QED) is 0.615. The van der Waals surface area contributed by atoms with Gasteiger partial charge in [0.15, 0.2) is 0 Å². The number of carbonyl (C=O) groups excluding carboxylic acids is 1. The van der Waals surface area contributed by atoms with E-state index in [4.69, 9.17) is 21.1 Å². The molecule has 0 bridgehead atoms. The zero-order valence-corrected chi connectivity index (χ0v) is 20.3. The number of carbonyl (C=O) groups is 1. The molecule has 2 saturated heterocycles. The SMILES string of the molecule is Cc1ccc(S(=O)(=O)N2CCCC(C(=O)Nc3cc(Cl)ccc3OCC3CCCO3)C2)s1. The van der Waals surface area contributed by atoms with E-state index in [0.717, 1.165) is 24.3 Å². The van der Waals surface area contributed by atoms with Crippen molar-refractivity contribution in [1.82, 2.24) is 4.31 Å². The highest BCUT2D eigenvalue weighted by Gasteiger charge is 2.34. The van der Waals surface area contributed by atoms with Gasteiger partial charge in [-0.05, 0) is 62.9 Å². The van der Waals surface area contributed by atoms with Crippen molar-refractivity contribution in [2.75, 3.05) is 31.6 Å². The van der Waals surface area contributed by atoms with E-state index in [9.17, 15) is 13.2 Å². The van der Waals surface area contributed by atoms with Crippen molar-refractivity contribution in [2.45, 2.75) is 42.9 Å². The van der Waals surface area contributed by atoms with Crippen LogP contribution in [0.5, 0.6) is 5.75 Å². The summed E-state index contributed by atoms with van der Waals surface area (Å²) >= 11 is 7.40. The van der Waals surface area contributed by atoms with Gasteiger partial charge in [0.2, 0.25) is 5.91 Å². The predicted octanol–water partition coefficient (Wildman–Crippen LogP) is 4.31. The molecule has 2 aromatic rings. The summed E-state index contributed by atoms with van der Waals surface area (Å²) in [7, 11) is -3.60. The molecule has 1 amide bonds. The molecule has 2 fully saturated rings. The van der Waals surface area contributed by atoms with E-state index in [0.29, 0.717) is 46.7 Å². The van der Waals surface area contributed by atoms with Crippen LogP contribution < -0.4 is 10.1 Å². The van der Waals surface area contributed by atoms with E-state index in [1.807, 2.05) is 6.92 Å². The minimum atomic E-state index is -3.60. The first-order valence-electron chi connectivity index (χ1n) is 10.7. The number of ether oxygens (including phenoxy) is 2. The molecule has 0 aliphatic carbocycles. The number of aryl methyl sites for hydroxylation is 1. The highest BCUT2D eigenvalue weighted by Crippen LogP contribution is 2.32. The maximum absolute atomic E-state index is 13.1. The van der Waals surface area contributed by atoms with Gasteiger partial charge >= 0.3 is 0 Å². The molecule has 2 atom stereocenters. The van der Waals surface area contributed by atoms with Gasteiger partial charge in [-0.25, -0.2) is 8.42 Å². The van der Waals surface area contributed by atoms with Crippen LogP contribution in [0.1, 0.15) is 30.6 Å². The number of piperidine rings is 1. The van der Waals surface area contributed by atoms with Crippen LogP contribution in [0.4, 0.5) is 5.69 Å². The Morgan fingerprint density at radius 2 is 2.12 bits per heavy atom. The molecule has 1 aromatic carbocycles. The van der Waals surface area contributed by atoms with Crippen LogP contribution in [-0.4, -0.2) is 51.0 Å². The maximum atomic E-state index is 13.1. The molecule has 174 valence electrons. The Morgan fingerprint density at radius 3 is 2.84 bits per heavy atom. The second kappa shape index (κ2) is 10.1. The van der Waals surface area contributed by atoms with Crippen LogP contribution >= 0.6 is 22.9 Å². The predicted molar refractivity (Wildman–Crippen MR) is 125 cm³/mol. The third kappa shape index (κ3) is 5.46. The van der Waals surface area contributed by atoms with Crippen LogP contribution in [0.2, 0.25) is 5.02 Å². The Morgan fingerprint density at radius 1 is 1.28 bits per heavy atom. The van der Waals surface area contributed by atoms with Crippen molar-refractivity contribution in [3.63, 3.8) is 0 Å². The summed E-state index contributed by atoms with van der Waals surface area (Å²) in [4.78, 5) is 14.0. The summed E-state index contributed by atoms with van der Waals surface area (Å²) in [5.41, 5.74) is 0.481. The van der Waals surface area contributed by atoms with Crippen molar-refractivity contribution in [1.29, 1.82) is 0 Å². The van der Waals surface area contributed by atoms with Crippen molar-refractivity contribution in [3.05, 3.63) is 40.2 Å². The van der Waals surface area contributed by atoms with Gasteiger partial charge in [-0.1, -0.05) is 11.6 Å². The lowest BCUT2D eigenvalue weighted by atomic mass is 9.98. The van der Waals surface area contributed by atoms with E-state index in [-0.39, 0.29) is 18.6 Å². The molecule has 0 radical (unpaired) electrons. The lowest BCUT2D eigenvalue weighted by molar-refractivity contribution is -0.120. The number of sulfonamides is 1. The van der Waals surface area contributed by atoms with Gasteiger partial charge in [0.05, 0.1) is 17.7 Å². The highest BCUT2D eigenvalue weighted by atomic mass is 35.5. The maximum Gasteiger partial charge on any atom is 0.252 e. The smallest absolute Gasteiger partial charge is 0.252 e. The van der Waals surface area contributed by atoms with Crippen LogP contribution in [0, 0.1) is 12.8 Å². The third-order valence-electron chi connectivity index (χ3n) is 5.71. The number of hydrogen-bond donors (Lipinski definition) is 1. The summed E-state index contributed by atoms with van der Waals surface area (Å²) in [6.07, 6.45) is 3.26. The monoisotopic (exact) mass is 498 g/mol. The molecule has 0 saturated carbocycles. The van der Waals surface area contributed by atoms with E-state index in [1.165, 1.54) is 15.6 Å². The summed E-state index contributed by atoms with van der Waals surface area (Å²) < 4.78 is 39.2. The summed E-state index contributed by atoms with van der Waals surface area (Å²) in [6, 6.07) is 8.51. The molecule has 7 nitrogen and oxygen atoms in total. The zero-order chi connectivity index (χ0) is 22.7. The second-order valence-electron chi connectivity index (χ2n) is 8.14. The Kier molecular flexibility index (Phi) is 7.41.